The van der Waals surface area contributed by atoms with E-state index in [0.29, 0.717) is 79.6 Å². The summed E-state index contributed by atoms with van der Waals surface area (Å²) in [6.45, 7) is -0.271. The predicted molar refractivity (Wildman–Crippen MR) is 522 cm³/mol. The van der Waals surface area contributed by atoms with Crippen LogP contribution >= 0.6 is 0 Å². The first kappa shape index (κ1) is 99.9. The number of aromatic hydroxyl groups is 2. The van der Waals surface area contributed by atoms with Crippen molar-refractivity contribution in [3.05, 3.63) is 408 Å². The molecule has 20 nitrogen and oxygen atoms in total. The molecule has 0 aliphatic heterocycles. The average molecular weight is 1750 g/mol. The molecule has 0 aliphatic carbocycles. The number of carbonyl (C=O) groups is 8. The molecule has 16 aromatic rings. The van der Waals surface area contributed by atoms with Crippen LogP contribution in [0.3, 0.4) is 0 Å². The number of ketones is 4. The van der Waals surface area contributed by atoms with Crippen molar-refractivity contribution >= 4 is 89.9 Å². The number of phenolic OH excluding ortho intramolecular Hbond substituents is 2. The molecular weight excluding hydrogens is 1650 g/mol. The van der Waals surface area contributed by atoms with Gasteiger partial charge in [-0.15, -0.1) is 0 Å². The lowest BCUT2D eigenvalue weighted by molar-refractivity contribution is -0.118. The number of carbonyl (C=O) groups excluding carboxylic acids is 8. The first-order valence-corrected chi connectivity index (χ1v) is 40.5. The Bertz CT molecular complexity index is 6550. The maximum absolute atomic E-state index is 12.7. The Morgan fingerprint density at radius 2 is 0.466 bits per heavy atom. The molecular formula is C111H108N4O16. The highest BCUT2D eigenvalue weighted by Gasteiger charge is 2.20. The third-order valence-electron chi connectivity index (χ3n) is 20.0. The topological polar surface area (TPSA) is 281 Å². The summed E-state index contributed by atoms with van der Waals surface area (Å²) in [6, 6.07) is 109. The van der Waals surface area contributed by atoms with E-state index in [9.17, 15) is 48.6 Å². The van der Waals surface area contributed by atoms with Gasteiger partial charge in [-0.25, -0.2) is 0 Å². The highest BCUT2D eigenvalue weighted by molar-refractivity contribution is 6.11. The molecule has 0 radical (unpaired) electrons. The van der Waals surface area contributed by atoms with E-state index in [1.807, 2.05) is 273 Å². The Labute approximate surface area is 764 Å². The summed E-state index contributed by atoms with van der Waals surface area (Å²) in [7, 11) is 3.20. The second-order valence-electron chi connectivity index (χ2n) is 28.9. The van der Waals surface area contributed by atoms with Crippen molar-refractivity contribution in [2.24, 2.45) is 0 Å². The number of benzene rings is 16. The van der Waals surface area contributed by atoms with Gasteiger partial charge in [0.05, 0.1) is 40.4 Å². The van der Waals surface area contributed by atoms with Crippen molar-refractivity contribution in [2.75, 3.05) is 40.4 Å². The molecule has 0 aliphatic rings. The minimum absolute atomic E-state index is 0. The van der Waals surface area contributed by atoms with Crippen molar-refractivity contribution in [2.45, 2.75) is 62.8 Å². The van der Waals surface area contributed by atoms with Gasteiger partial charge < -0.3 is 59.9 Å². The van der Waals surface area contributed by atoms with Gasteiger partial charge in [-0.1, -0.05) is 268 Å². The molecule has 0 saturated heterocycles. The minimum Gasteiger partial charge on any atom is -0.508 e. The van der Waals surface area contributed by atoms with Crippen LogP contribution in [0.15, 0.2) is 364 Å². The molecule has 16 aromatic carbocycles. The summed E-state index contributed by atoms with van der Waals surface area (Å²) < 4.78 is 34.0. The second-order valence-corrected chi connectivity index (χ2v) is 28.9. The van der Waals surface area contributed by atoms with Crippen molar-refractivity contribution < 1.29 is 77.0 Å². The van der Waals surface area contributed by atoms with E-state index >= 15 is 0 Å². The molecule has 131 heavy (non-hydrogen) atoms. The smallest absolute Gasteiger partial charge is 0.252 e. The monoisotopic (exact) mass is 1750 g/mol. The highest BCUT2D eigenvalue weighted by atomic mass is 16.5. The van der Waals surface area contributed by atoms with Crippen molar-refractivity contribution in [3.63, 3.8) is 0 Å². The predicted octanol–water partition coefficient (Wildman–Crippen LogP) is 23.3. The first-order chi connectivity index (χ1) is 61.5. The van der Waals surface area contributed by atoms with Crippen LogP contribution in [0.4, 0.5) is 0 Å². The van der Waals surface area contributed by atoms with Gasteiger partial charge in [-0.2, -0.15) is 0 Å². The van der Waals surface area contributed by atoms with Gasteiger partial charge in [0, 0.05) is 82.3 Å². The number of para-hydroxylation sites is 4. The third kappa shape index (κ3) is 28.3. The summed E-state index contributed by atoms with van der Waals surface area (Å²) in [5.41, 5.74) is 5.12. The summed E-state index contributed by atoms with van der Waals surface area (Å²) in [4.78, 5) is 101. The molecule has 0 spiro atoms. The summed E-state index contributed by atoms with van der Waals surface area (Å²) in [6.07, 6.45) is 0.549. The van der Waals surface area contributed by atoms with Crippen molar-refractivity contribution in [3.8, 4) is 69.0 Å². The van der Waals surface area contributed by atoms with E-state index in [2.05, 4.69) is 21.3 Å². The Kier molecular flexibility index (Phi) is 38.2. The van der Waals surface area contributed by atoms with E-state index in [1.54, 1.807) is 87.0 Å². The average Bonchev–Trinajstić information content (AvgIpc) is 0.823. The SMILES string of the molecule is C.C.C.C.C.COc1ccc(Oc2ccccc2CC(=O)CNC(=O)c2cccc3ccccc23)cc1.COc1cccc(Oc2ccccc2CC(=O)CNC(=O)c2cccc3ccccc23)c1.O=C(CNC(=O)c1cccc2ccccc12)Cc1ccccc1Oc1ccc(O)cc1.O=C(CNC(=O)c1cccc2ccccc12)Cc1ccccc1Oc1cccc(O)c1. The van der Waals surface area contributed by atoms with Crippen LogP contribution in [0.25, 0.3) is 43.1 Å². The number of phenols is 2. The Balaban J connectivity index is 0.000000213. The largest absolute Gasteiger partial charge is 0.508 e. The molecule has 0 bridgehead atoms. The zero-order chi connectivity index (χ0) is 87.9. The van der Waals surface area contributed by atoms with Crippen LogP contribution in [0.5, 0.6) is 69.0 Å². The molecule has 4 amide bonds. The van der Waals surface area contributed by atoms with Crippen LogP contribution in [-0.4, -0.2) is 97.4 Å². The molecule has 668 valence electrons. The summed E-state index contributed by atoms with van der Waals surface area (Å²) in [5.74, 6) is 4.68. The molecule has 0 unspecified atom stereocenters. The fourth-order valence-electron chi connectivity index (χ4n) is 13.8. The molecule has 16 rings (SSSR count). The zero-order valence-corrected chi connectivity index (χ0v) is 68.9. The van der Waals surface area contributed by atoms with E-state index in [4.69, 9.17) is 28.4 Å². The minimum atomic E-state index is -0.283. The van der Waals surface area contributed by atoms with Gasteiger partial charge in [0.15, 0.2) is 23.1 Å². The normalized spacial score (nSPS) is 10.2. The number of nitrogens with one attached hydrogen (secondary N) is 4. The van der Waals surface area contributed by atoms with Gasteiger partial charge in [0.2, 0.25) is 0 Å². The van der Waals surface area contributed by atoms with Gasteiger partial charge >= 0.3 is 0 Å². The van der Waals surface area contributed by atoms with Gasteiger partial charge in [-0.3, -0.25) is 38.4 Å². The lowest BCUT2D eigenvalue weighted by Crippen LogP contribution is -2.30. The summed E-state index contributed by atoms with van der Waals surface area (Å²) in [5, 5.41) is 37.3. The van der Waals surface area contributed by atoms with Crippen molar-refractivity contribution in [1.82, 2.24) is 21.3 Å². The highest BCUT2D eigenvalue weighted by Crippen LogP contribution is 2.34. The lowest BCUT2D eigenvalue weighted by Gasteiger charge is -2.12. The van der Waals surface area contributed by atoms with Gasteiger partial charge in [0.1, 0.15) is 69.0 Å². The maximum atomic E-state index is 12.7. The van der Waals surface area contributed by atoms with Crippen LogP contribution < -0.4 is 49.7 Å². The third-order valence-corrected chi connectivity index (χ3v) is 20.0. The fraction of sp³-hybridized carbons (Fsp3) is 0.135. The van der Waals surface area contributed by atoms with Crippen molar-refractivity contribution in [1.29, 1.82) is 0 Å². The number of Topliss-reactive ketones (excluding diaryl/α,β-unsaturated/α-hetero) is 4. The second kappa shape index (κ2) is 50.0. The standard InChI is InChI=1S/2C27H23NO4.2C26H21NO4.5CH4/c1-31-22-11-7-12-23(17-22)32-26-15-5-3-9-20(26)16-21(29)18-28-27(30)25-14-6-10-19-8-2-4-13-24(19)25;1-31-22-13-15-23(16-14-22)32-26-12-5-3-8-20(26)17-21(29)18-28-27(30)25-11-6-9-19-7-2-4-10-24(19)25;28-20-10-6-11-22(16-20)31-25-14-4-2-8-19(25)15-21(29)17-27-26(30)24-13-5-9-18-7-1-3-12-23(18)24;28-20-12-14-22(15-13-20)31-25-11-4-2-7-19(25)16-21(29)17-27-26(30)24-10-5-8-18-6-1-3-9-23(18)24;;;;;/h2-15,17H,16,18H2,1H3,(H,28,30);2-16H,17-18H2,1H3,(H,28,30);1-14,16,28H,15,17H2,(H,27,30);1-15,28H,16-17H2,(H,27,30);5*1H4. The van der Waals surface area contributed by atoms with Gasteiger partial charge in [0.25, 0.3) is 23.6 Å². The number of amides is 4. The van der Waals surface area contributed by atoms with E-state index in [1.165, 1.54) is 18.2 Å². The first-order valence-electron chi connectivity index (χ1n) is 40.5. The lowest BCUT2D eigenvalue weighted by atomic mass is 10.0. The molecule has 20 heteroatoms. The Morgan fingerprint density at radius 3 is 0.771 bits per heavy atom. The number of fused-ring (bicyclic) bond motifs is 4. The van der Waals surface area contributed by atoms with E-state index < -0.39 is 0 Å². The molecule has 0 fully saturated rings. The number of ether oxygens (including phenoxy) is 6. The maximum Gasteiger partial charge on any atom is 0.252 e. The fourth-order valence-corrected chi connectivity index (χ4v) is 13.8. The van der Waals surface area contributed by atoms with Gasteiger partial charge in [-0.05, 0) is 164 Å². The van der Waals surface area contributed by atoms with E-state index in [-0.39, 0.29) is 147 Å². The number of methoxy groups -OCH3 is 2. The number of hydrogen-bond acceptors (Lipinski definition) is 16. The van der Waals surface area contributed by atoms with Crippen LogP contribution in [0.2, 0.25) is 0 Å². The molecule has 0 aromatic heterocycles. The van der Waals surface area contributed by atoms with Crippen LogP contribution in [0.1, 0.15) is 101 Å². The zero-order valence-electron chi connectivity index (χ0n) is 68.9. The number of hydrogen-bond donors (Lipinski definition) is 6. The Hall–Kier alpha value is -16.5. The molecule has 0 atom stereocenters. The molecule has 6 N–H and O–H groups in total. The quantitative estimate of drug-likeness (QED) is 0.0244. The van der Waals surface area contributed by atoms with Crippen LogP contribution in [-0.2, 0) is 44.9 Å². The molecule has 0 saturated carbocycles. The van der Waals surface area contributed by atoms with E-state index in [0.717, 1.165) is 65.5 Å². The molecule has 0 heterocycles. The van der Waals surface area contributed by atoms with Crippen LogP contribution in [0, 0.1) is 0 Å². The Morgan fingerprint density at radius 1 is 0.229 bits per heavy atom. The summed E-state index contributed by atoms with van der Waals surface area (Å²) >= 11 is 0. The number of rotatable bonds is 30.